The molecular formula is C17H25Cl2N3O3S. The molecule has 26 heavy (non-hydrogen) atoms. The molecule has 0 unspecified atom stereocenters. The molecule has 0 aliphatic carbocycles. The van der Waals surface area contributed by atoms with Gasteiger partial charge in [0.25, 0.3) is 0 Å². The highest BCUT2D eigenvalue weighted by molar-refractivity contribution is 7.13. The van der Waals surface area contributed by atoms with Crippen molar-refractivity contribution in [2.45, 2.75) is 19.3 Å². The summed E-state index contributed by atoms with van der Waals surface area (Å²) in [6.45, 7) is 1.30. The van der Waals surface area contributed by atoms with Crippen molar-refractivity contribution in [3.05, 3.63) is 29.3 Å². The first-order valence-electron chi connectivity index (χ1n) is 7.81. The normalized spacial score (nSPS) is 9.65. The van der Waals surface area contributed by atoms with Crippen molar-refractivity contribution in [3.8, 4) is 22.1 Å². The van der Waals surface area contributed by atoms with Crippen molar-refractivity contribution in [2.24, 2.45) is 5.73 Å². The lowest BCUT2D eigenvalue weighted by atomic mass is 10.2. The fraction of sp³-hybridized carbons (Fsp3) is 0.412. The number of halogens is 2. The number of methoxy groups -OCH3 is 2. The van der Waals surface area contributed by atoms with Gasteiger partial charge in [-0.3, -0.25) is 4.79 Å². The van der Waals surface area contributed by atoms with Crippen LogP contribution in [0.4, 0.5) is 0 Å². The number of rotatable bonds is 9. The Balaban J connectivity index is 0.00000312. The largest absolute Gasteiger partial charge is 0.493 e. The van der Waals surface area contributed by atoms with Gasteiger partial charge in [0.05, 0.1) is 26.3 Å². The SMILES string of the molecule is COc1ccc(-c2nc(CC(=O)NCCCCN)cs2)cc1OC.Cl.Cl. The summed E-state index contributed by atoms with van der Waals surface area (Å²) in [6, 6.07) is 5.66. The molecule has 1 aromatic carbocycles. The molecule has 2 rings (SSSR count). The average molecular weight is 422 g/mol. The Morgan fingerprint density at radius 2 is 1.92 bits per heavy atom. The summed E-state index contributed by atoms with van der Waals surface area (Å²) >= 11 is 1.51. The van der Waals surface area contributed by atoms with Crippen molar-refractivity contribution >= 4 is 42.1 Å². The van der Waals surface area contributed by atoms with E-state index in [0.29, 0.717) is 24.6 Å². The summed E-state index contributed by atoms with van der Waals surface area (Å²) in [7, 11) is 3.20. The molecule has 9 heteroatoms. The van der Waals surface area contributed by atoms with Gasteiger partial charge < -0.3 is 20.5 Å². The zero-order chi connectivity index (χ0) is 17.4. The number of hydrogen-bond donors (Lipinski definition) is 2. The highest BCUT2D eigenvalue weighted by Crippen LogP contribution is 2.33. The maximum atomic E-state index is 11.9. The summed E-state index contributed by atoms with van der Waals surface area (Å²) in [5.74, 6) is 1.32. The Morgan fingerprint density at radius 3 is 2.58 bits per heavy atom. The molecule has 2 aromatic rings. The molecule has 0 aliphatic heterocycles. The van der Waals surface area contributed by atoms with Gasteiger partial charge in [-0.1, -0.05) is 0 Å². The van der Waals surface area contributed by atoms with Crippen molar-refractivity contribution in [1.29, 1.82) is 0 Å². The Kier molecular flexibility index (Phi) is 12.0. The number of thiazole rings is 1. The van der Waals surface area contributed by atoms with E-state index in [9.17, 15) is 4.79 Å². The number of amides is 1. The van der Waals surface area contributed by atoms with Crippen LogP contribution in [0, 0.1) is 0 Å². The third-order valence-electron chi connectivity index (χ3n) is 3.48. The molecule has 0 spiro atoms. The van der Waals surface area contributed by atoms with Crippen LogP contribution < -0.4 is 20.5 Å². The van der Waals surface area contributed by atoms with Crippen molar-refractivity contribution in [2.75, 3.05) is 27.3 Å². The fourth-order valence-electron chi connectivity index (χ4n) is 2.21. The summed E-state index contributed by atoms with van der Waals surface area (Å²) < 4.78 is 10.5. The van der Waals surface area contributed by atoms with Gasteiger partial charge >= 0.3 is 0 Å². The molecule has 0 saturated heterocycles. The second-order valence-corrected chi connectivity index (χ2v) is 6.09. The molecule has 3 N–H and O–H groups in total. The number of aromatic nitrogens is 1. The molecule has 1 heterocycles. The van der Waals surface area contributed by atoms with E-state index in [1.807, 2.05) is 23.6 Å². The summed E-state index contributed by atoms with van der Waals surface area (Å²) in [5.41, 5.74) is 7.13. The molecule has 0 bridgehead atoms. The van der Waals surface area contributed by atoms with E-state index in [2.05, 4.69) is 10.3 Å². The van der Waals surface area contributed by atoms with Crippen LogP contribution in [-0.4, -0.2) is 38.2 Å². The van der Waals surface area contributed by atoms with E-state index >= 15 is 0 Å². The molecule has 1 aromatic heterocycles. The smallest absolute Gasteiger partial charge is 0.226 e. The number of nitrogens with two attached hydrogens (primary N) is 1. The van der Waals surface area contributed by atoms with Gasteiger partial charge in [-0.2, -0.15) is 0 Å². The van der Waals surface area contributed by atoms with E-state index in [1.54, 1.807) is 14.2 Å². The van der Waals surface area contributed by atoms with Crippen LogP contribution in [0.25, 0.3) is 10.6 Å². The minimum atomic E-state index is -0.0174. The summed E-state index contributed by atoms with van der Waals surface area (Å²) in [4.78, 5) is 16.4. The van der Waals surface area contributed by atoms with Crippen LogP contribution in [0.1, 0.15) is 18.5 Å². The molecule has 1 amide bonds. The number of carbonyl (C=O) groups is 1. The van der Waals surface area contributed by atoms with E-state index in [0.717, 1.165) is 29.1 Å². The van der Waals surface area contributed by atoms with Gasteiger partial charge in [0.2, 0.25) is 5.91 Å². The standard InChI is InChI=1S/C17H23N3O3S.2ClH/c1-22-14-6-5-12(9-15(14)23-2)17-20-13(11-24-17)10-16(21)19-8-4-3-7-18;;/h5-6,9,11H,3-4,7-8,10,18H2,1-2H3,(H,19,21);2*1H. The zero-order valence-electron chi connectivity index (χ0n) is 14.8. The number of benzene rings is 1. The minimum Gasteiger partial charge on any atom is -0.493 e. The van der Waals surface area contributed by atoms with Crippen LogP contribution in [-0.2, 0) is 11.2 Å². The van der Waals surface area contributed by atoms with Gasteiger partial charge in [0.15, 0.2) is 11.5 Å². The van der Waals surface area contributed by atoms with Crippen molar-refractivity contribution in [3.63, 3.8) is 0 Å². The predicted molar refractivity (Wildman–Crippen MR) is 110 cm³/mol. The first-order chi connectivity index (χ1) is 11.7. The summed E-state index contributed by atoms with van der Waals surface area (Å²) in [5, 5.41) is 5.64. The molecular weight excluding hydrogens is 397 g/mol. The quantitative estimate of drug-likeness (QED) is 0.607. The van der Waals surface area contributed by atoms with Crippen LogP contribution in [0.15, 0.2) is 23.6 Å². The zero-order valence-corrected chi connectivity index (χ0v) is 17.3. The van der Waals surface area contributed by atoms with E-state index in [-0.39, 0.29) is 37.1 Å². The van der Waals surface area contributed by atoms with Gasteiger partial charge in [0, 0.05) is 17.5 Å². The van der Waals surface area contributed by atoms with Crippen molar-refractivity contribution in [1.82, 2.24) is 10.3 Å². The second-order valence-electron chi connectivity index (χ2n) is 5.24. The Labute approximate surface area is 170 Å². The fourth-order valence-corrected chi connectivity index (χ4v) is 3.03. The number of carbonyl (C=O) groups excluding carboxylic acids is 1. The Hall–Kier alpha value is -1.54. The molecule has 0 atom stereocenters. The third kappa shape index (κ3) is 6.99. The predicted octanol–water partition coefficient (Wildman–Crippen LogP) is 3.07. The number of unbranched alkanes of at least 4 members (excludes halogenated alkanes) is 1. The summed E-state index contributed by atoms with van der Waals surface area (Å²) in [6.07, 6.45) is 2.10. The molecule has 0 radical (unpaired) electrons. The highest BCUT2D eigenvalue weighted by Gasteiger charge is 2.11. The number of hydrogen-bond acceptors (Lipinski definition) is 6. The molecule has 0 fully saturated rings. The maximum absolute atomic E-state index is 11.9. The second kappa shape index (κ2) is 12.8. The lowest BCUT2D eigenvalue weighted by Gasteiger charge is -2.08. The molecule has 6 nitrogen and oxygen atoms in total. The first kappa shape index (κ1) is 24.5. The first-order valence-corrected chi connectivity index (χ1v) is 8.69. The van der Waals surface area contributed by atoms with E-state index in [1.165, 1.54) is 11.3 Å². The van der Waals surface area contributed by atoms with Gasteiger partial charge in [-0.05, 0) is 37.6 Å². The molecule has 0 aliphatic rings. The van der Waals surface area contributed by atoms with E-state index < -0.39 is 0 Å². The third-order valence-corrected chi connectivity index (χ3v) is 4.42. The van der Waals surface area contributed by atoms with Gasteiger partial charge in [-0.15, -0.1) is 36.2 Å². The Bertz CT molecular complexity index is 683. The number of ether oxygens (including phenoxy) is 2. The maximum Gasteiger partial charge on any atom is 0.226 e. The monoisotopic (exact) mass is 421 g/mol. The van der Waals surface area contributed by atoms with Gasteiger partial charge in [-0.25, -0.2) is 4.98 Å². The number of nitrogens with zero attached hydrogens (tertiary/aromatic N) is 1. The van der Waals surface area contributed by atoms with E-state index in [4.69, 9.17) is 15.2 Å². The lowest BCUT2D eigenvalue weighted by Crippen LogP contribution is -2.26. The number of nitrogens with one attached hydrogen (secondary N) is 1. The van der Waals surface area contributed by atoms with Crippen molar-refractivity contribution < 1.29 is 14.3 Å². The Morgan fingerprint density at radius 1 is 1.19 bits per heavy atom. The molecule has 0 saturated carbocycles. The minimum absolute atomic E-state index is 0. The van der Waals surface area contributed by atoms with Gasteiger partial charge in [0.1, 0.15) is 5.01 Å². The lowest BCUT2D eigenvalue weighted by molar-refractivity contribution is -0.120. The van der Waals surface area contributed by atoms with Crippen LogP contribution in [0.5, 0.6) is 11.5 Å². The van der Waals surface area contributed by atoms with Crippen LogP contribution >= 0.6 is 36.2 Å². The highest BCUT2D eigenvalue weighted by atomic mass is 35.5. The average Bonchev–Trinajstić information content (AvgIpc) is 3.06. The topological polar surface area (TPSA) is 86.5 Å². The van der Waals surface area contributed by atoms with Crippen LogP contribution in [0.2, 0.25) is 0 Å². The van der Waals surface area contributed by atoms with Crippen LogP contribution in [0.3, 0.4) is 0 Å². The molecule has 146 valence electrons.